The van der Waals surface area contributed by atoms with Crippen molar-refractivity contribution in [3.8, 4) is 0 Å². The minimum atomic E-state index is 0.107. The van der Waals surface area contributed by atoms with Gasteiger partial charge in [-0.2, -0.15) is 26.4 Å². The molecule has 0 N–H and O–H groups in total. The summed E-state index contributed by atoms with van der Waals surface area (Å²) < 4.78 is 1.74. The number of nitrogens with zero attached hydrogens (tertiary/aromatic N) is 6. The van der Waals surface area contributed by atoms with Crippen molar-refractivity contribution in [2.45, 2.75) is 6.92 Å². The number of aryl methyl sites for hydroxylation is 1. The Labute approximate surface area is 132 Å². The number of hydrogen-bond donors (Lipinski definition) is 0. The highest BCUT2D eigenvalue weighted by molar-refractivity contribution is 7.99. The van der Waals surface area contributed by atoms with Crippen LogP contribution < -0.4 is 4.90 Å². The summed E-state index contributed by atoms with van der Waals surface area (Å²) in [5.74, 6) is 4.11. The van der Waals surface area contributed by atoms with E-state index in [1.807, 2.05) is 29.7 Å². The van der Waals surface area contributed by atoms with Crippen LogP contribution in [0.3, 0.4) is 0 Å². The van der Waals surface area contributed by atoms with Crippen molar-refractivity contribution < 1.29 is 4.79 Å². The zero-order valence-electron chi connectivity index (χ0n) is 12.5. The fourth-order valence-electron chi connectivity index (χ4n) is 3.00. The Bertz CT molecular complexity index is 704. The second kappa shape index (κ2) is 5.42. The highest BCUT2D eigenvalue weighted by Gasteiger charge is 2.37. The first-order chi connectivity index (χ1) is 10.7. The van der Waals surface area contributed by atoms with Crippen LogP contribution in [0.2, 0.25) is 0 Å². The highest BCUT2D eigenvalue weighted by atomic mass is 32.2. The average molecular weight is 318 g/mol. The van der Waals surface area contributed by atoms with Gasteiger partial charge < -0.3 is 9.80 Å². The summed E-state index contributed by atoms with van der Waals surface area (Å²) in [5.41, 5.74) is 0.915. The summed E-state index contributed by atoms with van der Waals surface area (Å²) in [7, 11) is 0. The van der Waals surface area contributed by atoms with Gasteiger partial charge in [0, 0.05) is 49.4 Å². The van der Waals surface area contributed by atoms with E-state index in [0.717, 1.165) is 49.2 Å². The van der Waals surface area contributed by atoms with Crippen LogP contribution in [0.15, 0.2) is 12.4 Å². The van der Waals surface area contributed by atoms with Gasteiger partial charge in [0.05, 0.1) is 5.92 Å². The molecule has 4 rings (SSSR count). The summed E-state index contributed by atoms with van der Waals surface area (Å²) >= 11 is 1.93. The van der Waals surface area contributed by atoms with Gasteiger partial charge in [-0.15, -0.1) is 0 Å². The van der Waals surface area contributed by atoms with Crippen molar-refractivity contribution in [2.75, 3.05) is 42.6 Å². The molecule has 0 saturated carbocycles. The summed E-state index contributed by atoms with van der Waals surface area (Å²) in [6.45, 7) is 5.23. The molecule has 0 bridgehead atoms. The van der Waals surface area contributed by atoms with Crippen LogP contribution in [0.5, 0.6) is 0 Å². The van der Waals surface area contributed by atoms with Gasteiger partial charge in [-0.25, -0.2) is 4.98 Å². The Morgan fingerprint density at radius 2 is 2.09 bits per heavy atom. The van der Waals surface area contributed by atoms with Crippen molar-refractivity contribution in [1.82, 2.24) is 24.5 Å². The van der Waals surface area contributed by atoms with Gasteiger partial charge in [0.2, 0.25) is 5.91 Å². The average Bonchev–Trinajstić information content (AvgIpc) is 2.94. The number of amides is 1. The number of rotatable bonds is 2. The topological polar surface area (TPSA) is 66.6 Å². The van der Waals surface area contributed by atoms with Crippen LogP contribution >= 0.6 is 11.8 Å². The Kier molecular flexibility index (Phi) is 3.40. The van der Waals surface area contributed by atoms with Crippen molar-refractivity contribution >= 4 is 29.3 Å². The highest BCUT2D eigenvalue weighted by Crippen LogP contribution is 2.27. The zero-order chi connectivity index (χ0) is 15.1. The van der Waals surface area contributed by atoms with Gasteiger partial charge in [-0.1, -0.05) is 0 Å². The van der Waals surface area contributed by atoms with Crippen LogP contribution in [0, 0.1) is 12.8 Å². The lowest BCUT2D eigenvalue weighted by Crippen LogP contribution is -2.56. The number of thioether (sulfide) groups is 1. The van der Waals surface area contributed by atoms with Gasteiger partial charge in [-0.3, -0.25) is 4.79 Å². The molecule has 0 spiro atoms. The predicted octanol–water partition coefficient (Wildman–Crippen LogP) is 0.444. The lowest BCUT2D eigenvalue weighted by atomic mass is 9.98. The SMILES string of the molecule is Cc1cc(N2CC(C(=O)N3CCSCC3)C2)n2ncnc2n1. The Morgan fingerprint density at radius 1 is 1.32 bits per heavy atom. The van der Waals surface area contributed by atoms with Crippen molar-refractivity contribution in [2.24, 2.45) is 5.92 Å². The normalized spacial score (nSPS) is 19.5. The molecule has 116 valence electrons. The molecule has 0 radical (unpaired) electrons. The first kappa shape index (κ1) is 13.8. The third kappa shape index (κ3) is 2.31. The number of hydrogen-bond acceptors (Lipinski definition) is 6. The molecular weight excluding hydrogens is 300 g/mol. The van der Waals surface area contributed by atoms with E-state index in [1.54, 1.807) is 4.52 Å². The maximum absolute atomic E-state index is 12.5. The number of anilines is 1. The van der Waals surface area contributed by atoms with Crippen molar-refractivity contribution in [3.05, 3.63) is 18.1 Å². The van der Waals surface area contributed by atoms with Crippen molar-refractivity contribution in [3.63, 3.8) is 0 Å². The van der Waals surface area contributed by atoms with E-state index in [1.165, 1.54) is 6.33 Å². The largest absolute Gasteiger partial charge is 0.355 e. The van der Waals surface area contributed by atoms with E-state index in [-0.39, 0.29) is 5.92 Å². The van der Waals surface area contributed by atoms with Crippen LogP contribution in [-0.2, 0) is 4.79 Å². The summed E-state index contributed by atoms with van der Waals surface area (Å²) in [5, 5.41) is 4.23. The van der Waals surface area contributed by atoms with Crippen LogP contribution in [0.1, 0.15) is 5.69 Å². The smallest absolute Gasteiger partial charge is 0.254 e. The lowest BCUT2D eigenvalue weighted by molar-refractivity contribution is -0.135. The molecule has 2 aromatic rings. The second-order valence-corrected chi connectivity index (χ2v) is 6.99. The third-order valence-corrected chi connectivity index (χ3v) is 5.18. The first-order valence-corrected chi connectivity index (χ1v) is 8.67. The van der Waals surface area contributed by atoms with Gasteiger partial charge in [0.1, 0.15) is 12.1 Å². The Balaban J connectivity index is 1.48. The molecule has 1 amide bonds. The van der Waals surface area contributed by atoms with E-state index in [9.17, 15) is 4.79 Å². The van der Waals surface area contributed by atoms with Gasteiger partial charge in [-0.05, 0) is 6.92 Å². The molecule has 2 aliphatic rings. The first-order valence-electron chi connectivity index (χ1n) is 7.51. The Hall–Kier alpha value is -1.83. The fourth-order valence-corrected chi connectivity index (χ4v) is 3.90. The monoisotopic (exact) mass is 318 g/mol. The zero-order valence-corrected chi connectivity index (χ0v) is 13.3. The van der Waals surface area contributed by atoms with E-state index < -0.39 is 0 Å². The maximum atomic E-state index is 12.5. The minimum Gasteiger partial charge on any atom is -0.355 e. The predicted molar refractivity (Wildman–Crippen MR) is 85.1 cm³/mol. The number of aromatic nitrogens is 4. The van der Waals surface area contributed by atoms with Crippen LogP contribution in [0.4, 0.5) is 5.82 Å². The van der Waals surface area contributed by atoms with E-state index in [4.69, 9.17) is 0 Å². The second-order valence-electron chi connectivity index (χ2n) is 5.77. The van der Waals surface area contributed by atoms with E-state index in [2.05, 4.69) is 20.0 Å². The molecular formula is C14H18N6OS. The standard InChI is InChI=1S/C14H18N6OS/c1-10-6-12(20-14(17-10)15-9-16-20)19-7-11(8-19)13(21)18-2-4-22-5-3-18/h6,9,11H,2-5,7-8H2,1H3. The van der Waals surface area contributed by atoms with Gasteiger partial charge in [0.25, 0.3) is 5.78 Å². The molecule has 0 atom stereocenters. The number of fused-ring (bicyclic) bond motifs is 1. The van der Waals surface area contributed by atoms with E-state index >= 15 is 0 Å². The molecule has 7 nitrogen and oxygen atoms in total. The van der Waals surface area contributed by atoms with Gasteiger partial charge in [0.15, 0.2) is 0 Å². The Morgan fingerprint density at radius 3 is 2.86 bits per heavy atom. The quantitative estimate of drug-likeness (QED) is 0.801. The molecule has 0 aromatic carbocycles. The fraction of sp³-hybridized carbons (Fsp3) is 0.571. The van der Waals surface area contributed by atoms with Crippen LogP contribution in [-0.4, -0.2) is 68.1 Å². The molecule has 4 heterocycles. The maximum Gasteiger partial charge on any atom is 0.254 e. The summed E-state index contributed by atoms with van der Waals surface area (Å²) in [6, 6.07) is 2.00. The number of carbonyl (C=O) groups is 1. The molecule has 8 heteroatoms. The lowest BCUT2D eigenvalue weighted by Gasteiger charge is -2.42. The van der Waals surface area contributed by atoms with Crippen LogP contribution in [0.25, 0.3) is 5.78 Å². The number of carbonyl (C=O) groups excluding carboxylic acids is 1. The molecule has 0 aliphatic carbocycles. The molecule has 0 unspecified atom stereocenters. The third-order valence-electron chi connectivity index (χ3n) is 4.24. The summed E-state index contributed by atoms with van der Waals surface area (Å²) in [4.78, 5) is 25.2. The van der Waals surface area contributed by atoms with E-state index in [0.29, 0.717) is 11.7 Å². The van der Waals surface area contributed by atoms with Crippen molar-refractivity contribution in [1.29, 1.82) is 0 Å². The molecule has 2 saturated heterocycles. The summed E-state index contributed by atoms with van der Waals surface area (Å²) in [6.07, 6.45) is 1.51. The molecule has 22 heavy (non-hydrogen) atoms. The molecule has 2 aromatic heterocycles. The van der Waals surface area contributed by atoms with Gasteiger partial charge >= 0.3 is 0 Å². The molecule has 2 aliphatic heterocycles. The molecule has 2 fully saturated rings. The minimum absolute atomic E-state index is 0.107.